The maximum Gasteiger partial charge on any atom is 0.248 e. The summed E-state index contributed by atoms with van der Waals surface area (Å²) >= 11 is 0. The summed E-state index contributed by atoms with van der Waals surface area (Å²) in [5.41, 5.74) is 4.69. The SMILES string of the molecule is CCCCc1cn(-c2ccc(-c3nnc(-c4ccncc4C)o3)cc2)nn1. The maximum absolute atomic E-state index is 5.85. The molecule has 0 aliphatic rings. The first-order valence-electron chi connectivity index (χ1n) is 9.01. The van der Waals surface area contributed by atoms with Crippen LogP contribution in [0.5, 0.6) is 0 Å². The molecule has 0 saturated heterocycles. The molecular weight excluding hydrogens is 340 g/mol. The molecule has 7 heteroatoms. The van der Waals surface area contributed by atoms with Crippen molar-refractivity contribution < 1.29 is 4.42 Å². The van der Waals surface area contributed by atoms with Crippen molar-refractivity contribution in [3.05, 3.63) is 60.2 Å². The van der Waals surface area contributed by atoms with Crippen LogP contribution >= 0.6 is 0 Å². The molecule has 0 unspecified atom stereocenters. The normalized spacial score (nSPS) is 11.0. The van der Waals surface area contributed by atoms with Gasteiger partial charge in [-0.1, -0.05) is 18.6 Å². The maximum atomic E-state index is 5.85. The molecule has 0 amide bonds. The van der Waals surface area contributed by atoms with E-state index in [-0.39, 0.29) is 0 Å². The number of hydrogen-bond acceptors (Lipinski definition) is 6. The Balaban J connectivity index is 1.54. The third-order valence-corrected chi connectivity index (χ3v) is 4.38. The Labute approximate surface area is 157 Å². The predicted octanol–water partition coefficient (Wildman–Crippen LogP) is 4.03. The minimum atomic E-state index is 0.481. The van der Waals surface area contributed by atoms with Crippen molar-refractivity contribution in [3.63, 3.8) is 0 Å². The summed E-state index contributed by atoms with van der Waals surface area (Å²) in [5.74, 6) is 0.973. The van der Waals surface area contributed by atoms with Gasteiger partial charge in [-0.25, -0.2) is 4.68 Å². The van der Waals surface area contributed by atoms with Gasteiger partial charge in [-0.2, -0.15) is 0 Å². The van der Waals surface area contributed by atoms with Gasteiger partial charge in [0.25, 0.3) is 0 Å². The highest BCUT2D eigenvalue weighted by Gasteiger charge is 2.12. The van der Waals surface area contributed by atoms with E-state index in [1.165, 1.54) is 0 Å². The first kappa shape index (κ1) is 17.1. The molecular formula is C20H20N6O. The fourth-order valence-corrected chi connectivity index (χ4v) is 2.82. The predicted molar refractivity (Wildman–Crippen MR) is 101 cm³/mol. The van der Waals surface area contributed by atoms with Crippen molar-refractivity contribution in [3.8, 4) is 28.6 Å². The summed E-state index contributed by atoms with van der Waals surface area (Å²) in [5, 5.41) is 16.8. The molecule has 3 aromatic heterocycles. The Morgan fingerprint density at radius 1 is 1.00 bits per heavy atom. The second-order valence-corrected chi connectivity index (χ2v) is 6.41. The first-order valence-corrected chi connectivity index (χ1v) is 9.01. The van der Waals surface area contributed by atoms with E-state index in [0.717, 1.165) is 47.3 Å². The summed E-state index contributed by atoms with van der Waals surface area (Å²) in [4.78, 5) is 4.09. The van der Waals surface area contributed by atoms with Gasteiger partial charge in [0.05, 0.1) is 17.6 Å². The first-order chi connectivity index (χ1) is 13.2. The molecule has 136 valence electrons. The van der Waals surface area contributed by atoms with Gasteiger partial charge in [-0.3, -0.25) is 4.98 Å². The molecule has 27 heavy (non-hydrogen) atoms. The Hall–Kier alpha value is -3.35. The average Bonchev–Trinajstić information content (AvgIpc) is 3.37. The summed E-state index contributed by atoms with van der Waals surface area (Å²) < 4.78 is 7.63. The van der Waals surface area contributed by atoms with Gasteiger partial charge < -0.3 is 4.42 Å². The standard InChI is InChI=1S/C20H20N6O/c1-3-4-5-16-13-26(25-22-16)17-8-6-15(7-9-17)19-23-24-20(27-19)18-10-11-21-12-14(18)2/h6-13H,3-5H2,1-2H3. The van der Waals surface area contributed by atoms with Crippen LogP contribution in [0, 0.1) is 6.92 Å². The van der Waals surface area contributed by atoms with Crippen molar-refractivity contribution in [2.45, 2.75) is 33.1 Å². The van der Waals surface area contributed by atoms with Crippen LogP contribution < -0.4 is 0 Å². The van der Waals surface area contributed by atoms with Crippen molar-refractivity contribution in [2.24, 2.45) is 0 Å². The van der Waals surface area contributed by atoms with Crippen molar-refractivity contribution in [1.29, 1.82) is 0 Å². The van der Waals surface area contributed by atoms with E-state index in [1.54, 1.807) is 17.1 Å². The van der Waals surface area contributed by atoms with Crippen molar-refractivity contribution in [1.82, 2.24) is 30.2 Å². The van der Waals surface area contributed by atoms with E-state index in [1.807, 2.05) is 43.5 Å². The smallest absolute Gasteiger partial charge is 0.248 e. The highest BCUT2D eigenvalue weighted by molar-refractivity contribution is 5.60. The zero-order chi connectivity index (χ0) is 18.6. The molecule has 3 heterocycles. The number of aryl methyl sites for hydroxylation is 2. The molecule has 4 aromatic rings. The number of benzene rings is 1. The van der Waals surface area contributed by atoms with Gasteiger partial charge >= 0.3 is 0 Å². The Morgan fingerprint density at radius 2 is 1.81 bits per heavy atom. The number of aromatic nitrogens is 6. The summed E-state index contributed by atoms with van der Waals surface area (Å²) in [6.07, 6.45) is 8.69. The lowest BCUT2D eigenvalue weighted by Gasteiger charge is -2.01. The molecule has 0 saturated carbocycles. The molecule has 0 spiro atoms. The van der Waals surface area contributed by atoms with Gasteiger partial charge in [-0.15, -0.1) is 15.3 Å². The van der Waals surface area contributed by atoms with Crippen LogP contribution in [0.3, 0.4) is 0 Å². The zero-order valence-electron chi connectivity index (χ0n) is 15.3. The molecule has 4 rings (SSSR count). The van der Waals surface area contributed by atoms with Crippen molar-refractivity contribution >= 4 is 0 Å². The highest BCUT2D eigenvalue weighted by Crippen LogP contribution is 2.26. The lowest BCUT2D eigenvalue weighted by atomic mass is 10.1. The molecule has 0 radical (unpaired) electrons. The molecule has 0 aliphatic carbocycles. The van der Waals surface area contributed by atoms with Crippen LogP contribution in [0.25, 0.3) is 28.6 Å². The summed E-state index contributed by atoms with van der Waals surface area (Å²) in [6.45, 7) is 4.13. The minimum absolute atomic E-state index is 0.481. The van der Waals surface area contributed by atoms with Crippen LogP contribution in [0.15, 0.2) is 53.3 Å². The van der Waals surface area contributed by atoms with Gasteiger partial charge in [-0.05, 0) is 55.7 Å². The van der Waals surface area contributed by atoms with E-state index in [4.69, 9.17) is 4.42 Å². The van der Waals surface area contributed by atoms with Crippen LogP contribution in [0.2, 0.25) is 0 Å². The molecule has 1 aromatic carbocycles. The van der Waals surface area contributed by atoms with E-state index < -0.39 is 0 Å². The number of unbranched alkanes of at least 4 members (excludes halogenated alkanes) is 1. The third kappa shape index (κ3) is 3.62. The number of pyridine rings is 1. The van der Waals surface area contributed by atoms with Gasteiger partial charge in [0.1, 0.15) is 0 Å². The topological polar surface area (TPSA) is 82.5 Å². The zero-order valence-corrected chi connectivity index (χ0v) is 15.3. The highest BCUT2D eigenvalue weighted by atomic mass is 16.4. The Bertz CT molecular complexity index is 1030. The summed E-state index contributed by atoms with van der Waals surface area (Å²) in [6, 6.07) is 9.69. The monoisotopic (exact) mass is 360 g/mol. The largest absolute Gasteiger partial charge is 0.416 e. The van der Waals surface area contributed by atoms with Crippen LogP contribution in [0.4, 0.5) is 0 Å². The molecule has 0 fully saturated rings. The minimum Gasteiger partial charge on any atom is -0.416 e. The van der Waals surface area contributed by atoms with Crippen molar-refractivity contribution in [2.75, 3.05) is 0 Å². The number of hydrogen-bond donors (Lipinski definition) is 0. The fourth-order valence-electron chi connectivity index (χ4n) is 2.82. The average molecular weight is 360 g/mol. The second-order valence-electron chi connectivity index (χ2n) is 6.41. The lowest BCUT2D eigenvalue weighted by molar-refractivity contribution is 0.584. The van der Waals surface area contributed by atoms with Gasteiger partial charge in [0.2, 0.25) is 11.8 Å². The van der Waals surface area contributed by atoms with Gasteiger partial charge in [0, 0.05) is 23.5 Å². The van der Waals surface area contributed by atoms with E-state index in [2.05, 4.69) is 32.4 Å². The third-order valence-electron chi connectivity index (χ3n) is 4.38. The van der Waals surface area contributed by atoms with Crippen LogP contribution in [-0.4, -0.2) is 30.2 Å². The second kappa shape index (κ2) is 7.49. The van der Waals surface area contributed by atoms with E-state index in [9.17, 15) is 0 Å². The molecule has 7 nitrogen and oxygen atoms in total. The lowest BCUT2D eigenvalue weighted by Crippen LogP contribution is -1.94. The van der Waals surface area contributed by atoms with Crippen LogP contribution in [0.1, 0.15) is 31.0 Å². The van der Waals surface area contributed by atoms with Crippen LogP contribution in [-0.2, 0) is 6.42 Å². The van der Waals surface area contributed by atoms with Gasteiger partial charge in [0.15, 0.2) is 0 Å². The Morgan fingerprint density at radius 3 is 2.59 bits per heavy atom. The van der Waals surface area contributed by atoms with E-state index in [0.29, 0.717) is 11.8 Å². The molecule has 0 N–H and O–H groups in total. The molecule has 0 atom stereocenters. The quantitative estimate of drug-likeness (QED) is 0.516. The number of nitrogens with zero attached hydrogens (tertiary/aromatic N) is 6. The molecule has 0 bridgehead atoms. The summed E-state index contributed by atoms with van der Waals surface area (Å²) in [7, 11) is 0. The number of rotatable bonds is 6. The Kier molecular flexibility index (Phi) is 4.74. The fraction of sp³-hybridized carbons (Fsp3) is 0.250. The van der Waals surface area contributed by atoms with E-state index >= 15 is 0 Å². The molecule has 0 aliphatic heterocycles.